The summed E-state index contributed by atoms with van der Waals surface area (Å²) < 4.78 is 0. The van der Waals surface area contributed by atoms with Gasteiger partial charge in [-0.2, -0.15) is 0 Å². The summed E-state index contributed by atoms with van der Waals surface area (Å²) in [6.45, 7) is 4.61. The maximum Gasteiger partial charge on any atom is 0.140 e. The van der Waals surface area contributed by atoms with Crippen molar-refractivity contribution in [2.45, 2.75) is 71.6 Å². The Morgan fingerprint density at radius 1 is 1.09 bits per heavy atom. The van der Waals surface area contributed by atoms with Crippen LogP contribution in [0.1, 0.15) is 71.6 Å². The van der Waals surface area contributed by atoms with Crippen LogP contribution in [0.4, 0.5) is 0 Å². The minimum Gasteiger partial charge on any atom is -0.299 e. The van der Waals surface area contributed by atoms with Crippen molar-refractivity contribution < 1.29 is 4.79 Å². The van der Waals surface area contributed by atoms with Gasteiger partial charge < -0.3 is 0 Å². The molecule has 1 nitrogen and oxygen atoms in total. The van der Waals surface area contributed by atoms with Gasteiger partial charge in [-0.3, -0.25) is 4.79 Å². The Morgan fingerprint density at radius 3 is 2.77 bits per heavy atom. The van der Waals surface area contributed by atoms with Crippen LogP contribution in [0.3, 0.4) is 0 Å². The third-order valence-corrected chi connectivity index (χ3v) is 7.51. The van der Waals surface area contributed by atoms with Crippen LogP contribution in [0.15, 0.2) is 23.3 Å². The molecule has 22 heavy (non-hydrogen) atoms. The number of carbonyl (C=O) groups is 1. The molecule has 0 bridgehead atoms. The third-order valence-electron chi connectivity index (χ3n) is 7.51. The van der Waals surface area contributed by atoms with E-state index in [-0.39, 0.29) is 5.92 Å². The Balaban J connectivity index is 1.67. The van der Waals surface area contributed by atoms with Crippen LogP contribution in [0, 0.1) is 29.1 Å². The minimum absolute atomic E-state index is 0.180. The minimum atomic E-state index is 0.180. The molecular formula is C21H30O. The van der Waals surface area contributed by atoms with Crippen molar-refractivity contribution in [2.24, 2.45) is 29.1 Å². The van der Waals surface area contributed by atoms with Crippen molar-refractivity contribution in [3.8, 4) is 0 Å². The van der Waals surface area contributed by atoms with Gasteiger partial charge in [-0.05, 0) is 75.0 Å². The Bertz CT molecular complexity index is 540. The standard InChI is InChI=1S/C21H30O/c1-3-5-15-12-18-14(13-20(15)22)7-8-17-16(18)9-11-21(2)10-4-6-19(17)21/h3,5,14-15,17,19H,4,6-13H2,1-2H3/t14?,15?,17-,19+,21+/m1/s1. The van der Waals surface area contributed by atoms with Crippen LogP contribution < -0.4 is 0 Å². The first-order valence-corrected chi connectivity index (χ1v) is 9.50. The molecule has 0 spiro atoms. The second-order valence-corrected chi connectivity index (χ2v) is 8.59. The lowest BCUT2D eigenvalue weighted by Gasteiger charge is -2.49. The highest BCUT2D eigenvalue weighted by Gasteiger charge is 2.49. The fourth-order valence-electron chi connectivity index (χ4n) is 6.37. The van der Waals surface area contributed by atoms with Crippen molar-refractivity contribution in [2.75, 3.05) is 0 Å². The molecule has 0 aromatic heterocycles. The second kappa shape index (κ2) is 5.35. The second-order valence-electron chi connectivity index (χ2n) is 8.59. The van der Waals surface area contributed by atoms with E-state index < -0.39 is 0 Å². The van der Waals surface area contributed by atoms with Gasteiger partial charge >= 0.3 is 0 Å². The zero-order chi connectivity index (χ0) is 15.3. The lowest BCUT2D eigenvalue weighted by molar-refractivity contribution is -0.123. The summed E-state index contributed by atoms with van der Waals surface area (Å²) in [5.74, 6) is 3.09. The normalized spacial score (nSPS) is 44.9. The maximum absolute atomic E-state index is 12.4. The fourth-order valence-corrected chi connectivity index (χ4v) is 6.37. The van der Waals surface area contributed by atoms with Crippen molar-refractivity contribution in [3.63, 3.8) is 0 Å². The van der Waals surface area contributed by atoms with Crippen LogP contribution in [-0.4, -0.2) is 5.78 Å². The summed E-state index contributed by atoms with van der Waals surface area (Å²) in [4.78, 5) is 12.4. The molecule has 5 atom stereocenters. The quantitative estimate of drug-likeness (QED) is 0.587. The number of rotatable bonds is 1. The van der Waals surface area contributed by atoms with E-state index in [2.05, 4.69) is 19.1 Å². The zero-order valence-corrected chi connectivity index (χ0v) is 14.2. The van der Waals surface area contributed by atoms with Crippen molar-refractivity contribution in [1.29, 1.82) is 0 Å². The molecule has 1 heteroatoms. The molecule has 3 saturated carbocycles. The van der Waals surface area contributed by atoms with E-state index in [9.17, 15) is 4.79 Å². The molecule has 0 aromatic carbocycles. The van der Waals surface area contributed by atoms with E-state index in [0.717, 1.165) is 24.7 Å². The third kappa shape index (κ3) is 2.15. The topological polar surface area (TPSA) is 17.1 Å². The first-order valence-electron chi connectivity index (χ1n) is 9.50. The van der Waals surface area contributed by atoms with Gasteiger partial charge in [-0.15, -0.1) is 0 Å². The lowest BCUT2D eigenvalue weighted by atomic mass is 9.56. The Morgan fingerprint density at radius 2 is 1.95 bits per heavy atom. The van der Waals surface area contributed by atoms with Gasteiger partial charge in [0.1, 0.15) is 5.78 Å². The predicted octanol–water partition coefficient (Wildman–Crippen LogP) is 5.46. The molecule has 0 aliphatic heterocycles. The molecule has 120 valence electrons. The van der Waals surface area contributed by atoms with Crippen LogP contribution in [0.5, 0.6) is 0 Å². The van der Waals surface area contributed by atoms with Crippen LogP contribution >= 0.6 is 0 Å². The summed E-state index contributed by atoms with van der Waals surface area (Å²) in [5.41, 5.74) is 4.19. The number of ketones is 1. The fraction of sp³-hybridized carbons (Fsp3) is 0.762. The van der Waals surface area contributed by atoms with Gasteiger partial charge in [0.05, 0.1) is 0 Å². The van der Waals surface area contributed by atoms with E-state index in [1.807, 2.05) is 12.5 Å². The van der Waals surface area contributed by atoms with Gasteiger partial charge in [-0.1, -0.05) is 36.6 Å². The number of hydrogen-bond acceptors (Lipinski definition) is 1. The van der Waals surface area contributed by atoms with Crippen LogP contribution in [0.25, 0.3) is 0 Å². The van der Waals surface area contributed by atoms with Gasteiger partial charge in [-0.25, -0.2) is 0 Å². The zero-order valence-electron chi connectivity index (χ0n) is 14.2. The first-order chi connectivity index (χ1) is 10.6. The Kier molecular flexibility index (Phi) is 3.58. The number of allylic oxidation sites excluding steroid dienone is 4. The molecule has 4 rings (SSSR count). The molecule has 0 heterocycles. The predicted molar refractivity (Wildman–Crippen MR) is 90.5 cm³/mol. The van der Waals surface area contributed by atoms with Gasteiger partial charge in [0, 0.05) is 12.3 Å². The summed E-state index contributed by atoms with van der Waals surface area (Å²) in [5, 5.41) is 0. The van der Waals surface area contributed by atoms with Crippen LogP contribution in [-0.2, 0) is 4.79 Å². The molecule has 0 aromatic rings. The molecular weight excluding hydrogens is 268 g/mol. The van der Waals surface area contributed by atoms with Crippen molar-refractivity contribution in [3.05, 3.63) is 23.3 Å². The number of fused-ring (bicyclic) bond motifs is 4. The molecule has 0 N–H and O–H groups in total. The van der Waals surface area contributed by atoms with E-state index in [0.29, 0.717) is 17.1 Å². The maximum atomic E-state index is 12.4. The average Bonchev–Trinajstić information content (AvgIpc) is 2.90. The van der Waals surface area contributed by atoms with E-state index >= 15 is 0 Å². The van der Waals surface area contributed by atoms with Crippen LogP contribution in [0.2, 0.25) is 0 Å². The smallest absolute Gasteiger partial charge is 0.140 e. The van der Waals surface area contributed by atoms with Crippen molar-refractivity contribution in [1.82, 2.24) is 0 Å². The average molecular weight is 298 g/mol. The molecule has 0 saturated heterocycles. The summed E-state index contributed by atoms with van der Waals surface area (Å²) in [6, 6.07) is 0. The van der Waals surface area contributed by atoms with Gasteiger partial charge in [0.2, 0.25) is 0 Å². The highest BCUT2D eigenvalue weighted by molar-refractivity contribution is 5.85. The Hall–Kier alpha value is -0.850. The lowest BCUT2D eigenvalue weighted by Crippen LogP contribution is -2.39. The van der Waals surface area contributed by atoms with E-state index in [1.165, 1.54) is 44.9 Å². The first kappa shape index (κ1) is 14.7. The largest absolute Gasteiger partial charge is 0.299 e. The summed E-state index contributed by atoms with van der Waals surface area (Å²) >= 11 is 0. The SMILES string of the molecule is CC=CC1CC2=C3CC[C@]4(C)CCC[C@H]4[C@@H]3CCC2CC1=O. The Labute approximate surface area is 135 Å². The van der Waals surface area contributed by atoms with Crippen molar-refractivity contribution >= 4 is 5.78 Å². The summed E-state index contributed by atoms with van der Waals surface area (Å²) in [6.07, 6.45) is 15.8. The molecule has 0 radical (unpaired) electrons. The molecule has 0 amide bonds. The molecule has 4 aliphatic rings. The highest BCUT2D eigenvalue weighted by Crippen LogP contribution is 2.60. The highest BCUT2D eigenvalue weighted by atomic mass is 16.1. The number of carbonyl (C=O) groups excluding carboxylic acids is 1. The molecule has 3 fully saturated rings. The number of hydrogen-bond donors (Lipinski definition) is 0. The van der Waals surface area contributed by atoms with Gasteiger partial charge in [0.25, 0.3) is 0 Å². The molecule has 4 aliphatic carbocycles. The van der Waals surface area contributed by atoms with E-state index in [1.54, 1.807) is 5.57 Å². The summed E-state index contributed by atoms with van der Waals surface area (Å²) in [7, 11) is 0. The number of Topliss-reactive ketones (excluding diaryl/α,β-unsaturated/α-hetero) is 1. The van der Waals surface area contributed by atoms with Gasteiger partial charge in [0.15, 0.2) is 0 Å². The van der Waals surface area contributed by atoms with E-state index in [4.69, 9.17) is 0 Å². The monoisotopic (exact) mass is 298 g/mol. The molecule has 2 unspecified atom stereocenters.